The Bertz CT molecular complexity index is 1380. The number of nitrogens with zero attached hydrogens (tertiary/aromatic N) is 3. The number of carbonyl (C=O) groups is 1. The summed E-state index contributed by atoms with van der Waals surface area (Å²) in [6.07, 6.45) is 1.96. The molecule has 4 bridgehead atoms. The van der Waals surface area contributed by atoms with Gasteiger partial charge >= 0.3 is 0 Å². The molecule has 0 saturated carbocycles. The Hall–Kier alpha value is -3.47. The number of benzene rings is 1. The average molecular weight is 520 g/mol. The van der Waals surface area contributed by atoms with E-state index in [0.717, 1.165) is 61.4 Å². The first-order valence-corrected chi connectivity index (χ1v) is 13.4. The summed E-state index contributed by atoms with van der Waals surface area (Å²) in [5.74, 6) is 1.99. The number of fused-ring (bicyclic) bond motifs is 4. The molecule has 1 amide bonds. The maximum Gasteiger partial charge on any atom is 0.263 e. The zero-order chi connectivity index (χ0) is 25.9. The molecule has 38 heavy (non-hydrogen) atoms. The number of rotatable bonds is 4. The minimum atomic E-state index is -0.190. The highest BCUT2D eigenvalue weighted by Gasteiger charge is 2.33. The van der Waals surface area contributed by atoms with Crippen molar-refractivity contribution in [1.82, 2.24) is 19.8 Å². The monoisotopic (exact) mass is 519 g/mol. The van der Waals surface area contributed by atoms with Crippen molar-refractivity contribution in [3.8, 4) is 11.5 Å². The van der Waals surface area contributed by atoms with Gasteiger partial charge in [0, 0.05) is 63.9 Å². The van der Waals surface area contributed by atoms with E-state index in [1.807, 2.05) is 41.0 Å². The third kappa shape index (κ3) is 5.52. The molecule has 2 unspecified atom stereocenters. The van der Waals surface area contributed by atoms with Gasteiger partial charge in [-0.25, -0.2) is 4.98 Å². The van der Waals surface area contributed by atoms with Crippen LogP contribution in [0.1, 0.15) is 18.5 Å². The summed E-state index contributed by atoms with van der Waals surface area (Å²) in [6, 6.07) is 13.3. The van der Waals surface area contributed by atoms with Crippen LogP contribution in [0.2, 0.25) is 0 Å². The van der Waals surface area contributed by atoms with Crippen molar-refractivity contribution >= 4 is 22.6 Å². The number of hydrogen-bond donors (Lipinski definition) is 2. The quantitative estimate of drug-likeness (QED) is 0.539. The minimum Gasteiger partial charge on any atom is -0.494 e. The normalized spacial score (nSPS) is 23.6. The first kappa shape index (κ1) is 24.8. The molecule has 3 atom stereocenters. The fraction of sp³-hybridized carbons (Fsp3) is 0.464. The number of pyridine rings is 2. The summed E-state index contributed by atoms with van der Waals surface area (Å²) >= 11 is 0. The van der Waals surface area contributed by atoms with Crippen LogP contribution < -0.4 is 25.7 Å². The van der Waals surface area contributed by atoms with Crippen molar-refractivity contribution in [2.24, 2.45) is 5.92 Å². The van der Waals surface area contributed by atoms with Gasteiger partial charge in [-0.2, -0.15) is 0 Å². The van der Waals surface area contributed by atoms with Crippen molar-refractivity contribution in [3.05, 3.63) is 58.5 Å². The Labute approximate surface area is 220 Å². The van der Waals surface area contributed by atoms with Crippen LogP contribution >= 0.6 is 0 Å². The van der Waals surface area contributed by atoms with Crippen LogP contribution in [0, 0.1) is 5.92 Å². The number of amides is 1. The Kier molecular flexibility index (Phi) is 7.26. The topological polar surface area (TPSA) is 107 Å². The highest BCUT2D eigenvalue weighted by Crippen LogP contribution is 2.26. The summed E-state index contributed by atoms with van der Waals surface area (Å²) in [5, 5.41) is 7.33. The fourth-order valence-electron chi connectivity index (χ4n) is 5.44. The van der Waals surface area contributed by atoms with Crippen LogP contribution in [0.5, 0.6) is 11.5 Å². The van der Waals surface area contributed by atoms with Crippen LogP contribution in [0.3, 0.4) is 0 Å². The Balaban J connectivity index is 1.12. The van der Waals surface area contributed by atoms with Gasteiger partial charge in [-0.3, -0.25) is 14.5 Å². The molecule has 2 N–H and O–H groups in total. The lowest BCUT2D eigenvalue weighted by molar-refractivity contribution is -0.118. The molecule has 10 heteroatoms. The Morgan fingerprint density at radius 1 is 1.00 bits per heavy atom. The maximum atomic E-state index is 12.8. The van der Waals surface area contributed by atoms with Crippen molar-refractivity contribution in [3.63, 3.8) is 0 Å². The fourth-order valence-corrected chi connectivity index (χ4v) is 5.44. The summed E-state index contributed by atoms with van der Waals surface area (Å²) < 4.78 is 19.6. The van der Waals surface area contributed by atoms with Gasteiger partial charge in [0.25, 0.3) is 11.5 Å². The number of ether oxygens (including phenoxy) is 3. The third-order valence-electron chi connectivity index (χ3n) is 7.45. The highest BCUT2D eigenvalue weighted by molar-refractivity contribution is 5.94. The van der Waals surface area contributed by atoms with Crippen molar-refractivity contribution in [2.45, 2.75) is 32.0 Å². The van der Waals surface area contributed by atoms with Crippen molar-refractivity contribution in [2.75, 3.05) is 51.3 Å². The number of carbonyl (C=O) groups excluding carboxylic acids is 1. The summed E-state index contributed by atoms with van der Waals surface area (Å²) in [6.45, 7) is 5.82. The molecule has 2 aromatic heterocycles. The molecular formula is C28H33N5O5. The molecule has 0 spiro atoms. The van der Waals surface area contributed by atoms with Crippen molar-refractivity contribution < 1.29 is 19.0 Å². The van der Waals surface area contributed by atoms with E-state index < -0.39 is 0 Å². The van der Waals surface area contributed by atoms with Gasteiger partial charge < -0.3 is 29.4 Å². The minimum absolute atomic E-state index is 0.00307. The van der Waals surface area contributed by atoms with E-state index in [1.54, 1.807) is 6.07 Å². The largest absolute Gasteiger partial charge is 0.494 e. The van der Waals surface area contributed by atoms with E-state index in [9.17, 15) is 9.59 Å². The second-order valence-corrected chi connectivity index (χ2v) is 10.1. The van der Waals surface area contributed by atoms with Gasteiger partial charge in [0.15, 0.2) is 18.2 Å². The maximum absolute atomic E-state index is 12.8. The van der Waals surface area contributed by atoms with E-state index in [1.165, 1.54) is 0 Å². The number of nitrogens with one attached hydrogen (secondary N) is 2. The van der Waals surface area contributed by atoms with E-state index >= 15 is 0 Å². The van der Waals surface area contributed by atoms with E-state index in [4.69, 9.17) is 14.2 Å². The third-order valence-corrected chi connectivity index (χ3v) is 7.45. The zero-order valence-electron chi connectivity index (χ0n) is 21.4. The molecule has 0 radical (unpaired) electrons. The Morgan fingerprint density at radius 2 is 1.89 bits per heavy atom. The molecule has 5 heterocycles. The standard InChI is InChI=1S/C28H33N5O5/c34-26-18-38-24-7-5-21(30-28(24)31-26)15-29-14-20-16-32-9-10-33-23-13-22(6-3-19(23)4-8-27(33)35)36-11-1-2-12-37-25(20)17-32/h3-8,13,20,25,29H,1-2,9-12,14-18H2,(H,30,31,34)/t20?,25-/m1/s1. The van der Waals surface area contributed by atoms with Gasteiger partial charge in [-0.15, -0.1) is 0 Å². The number of anilines is 1. The predicted octanol–water partition coefficient (Wildman–Crippen LogP) is 2.01. The number of hydrogen-bond acceptors (Lipinski definition) is 8. The first-order valence-electron chi connectivity index (χ1n) is 13.4. The highest BCUT2D eigenvalue weighted by atomic mass is 16.5. The summed E-state index contributed by atoms with van der Waals surface area (Å²) in [7, 11) is 0. The van der Waals surface area contributed by atoms with E-state index in [-0.39, 0.29) is 24.2 Å². The van der Waals surface area contributed by atoms with Gasteiger partial charge in [-0.1, -0.05) is 0 Å². The van der Waals surface area contributed by atoms with E-state index in [2.05, 4.69) is 20.5 Å². The van der Waals surface area contributed by atoms with E-state index in [0.29, 0.717) is 43.8 Å². The smallest absolute Gasteiger partial charge is 0.263 e. The lowest BCUT2D eigenvalue weighted by atomic mass is 10.1. The second kappa shape index (κ2) is 11.1. The average Bonchev–Trinajstić information content (AvgIpc) is 3.30. The molecule has 1 saturated heterocycles. The molecule has 1 aromatic carbocycles. The predicted molar refractivity (Wildman–Crippen MR) is 143 cm³/mol. The lowest BCUT2D eigenvalue weighted by Gasteiger charge is -2.20. The van der Waals surface area contributed by atoms with Crippen molar-refractivity contribution in [1.29, 1.82) is 0 Å². The lowest BCUT2D eigenvalue weighted by Crippen LogP contribution is -2.32. The summed E-state index contributed by atoms with van der Waals surface area (Å²) in [5.41, 5.74) is 1.75. The molecular weight excluding hydrogens is 486 g/mol. The van der Waals surface area contributed by atoms with Gasteiger partial charge in [0.05, 0.1) is 23.9 Å². The molecule has 10 nitrogen and oxygen atoms in total. The van der Waals surface area contributed by atoms with Crippen LogP contribution in [0.4, 0.5) is 5.82 Å². The second-order valence-electron chi connectivity index (χ2n) is 10.1. The molecule has 3 aliphatic rings. The van der Waals surface area contributed by atoms with Crippen LogP contribution in [-0.4, -0.2) is 72.5 Å². The SMILES string of the molecule is O=C1COc2ccc(CNCC3CN4CCn5c(=O)ccc6ccc(cc65)OCCCCO[C@@H]3C4)nc2N1. The molecule has 3 aliphatic heterocycles. The van der Waals surface area contributed by atoms with Crippen LogP contribution in [-0.2, 0) is 22.6 Å². The van der Waals surface area contributed by atoms with Gasteiger partial charge in [0.1, 0.15) is 5.75 Å². The van der Waals surface area contributed by atoms with Crippen LogP contribution in [0.15, 0.2) is 47.3 Å². The van der Waals surface area contributed by atoms with Crippen LogP contribution in [0.25, 0.3) is 10.9 Å². The molecule has 1 fully saturated rings. The zero-order valence-corrected chi connectivity index (χ0v) is 21.4. The Morgan fingerprint density at radius 3 is 2.84 bits per heavy atom. The molecule has 3 aromatic rings. The molecule has 0 aliphatic carbocycles. The number of aromatic nitrogens is 2. The first-order chi connectivity index (χ1) is 18.6. The van der Waals surface area contributed by atoms with Gasteiger partial charge in [0.2, 0.25) is 0 Å². The molecule has 6 rings (SSSR count). The van der Waals surface area contributed by atoms with Gasteiger partial charge in [-0.05, 0) is 48.6 Å². The molecule has 200 valence electrons. The summed E-state index contributed by atoms with van der Waals surface area (Å²) in [4.78, 5) is 31.3.